The fourth-order valence-electron chi connectivity index (χ4n) is 0.407. The highest BCUT2D eigenvalue weighted by Gasteiger charge is 1.93. The van der Waals surface area contributed by atoms with Crippen LogP contribution in [0, 0.1) is 0 Å². The lowest BCUT2D eigenvalue weighted by Crippen LogP contribution is -2.05. The first-order valence-corrected chi connectivity index (χ1v) is 2.97. The smallest absolute Gasteiger partial charge is 0.241 e. The maximum Gasteiger partial charge on any atom is 0.241 e. The van der Waals surface area contributed by atoms with Gasteiger partial charge in [0.1, 0.15) is 5.76 Å². The van der Waals surface area contributed by atoms with Crippen LogP contribution in [-0.4, -0.2) is 13.0 Å². The summed E-state index contributed by atoms with van der Waals surface area (Å²) in [7, 11) is 1.48. The average Bonchev–Trinajstić information content (AvgIpc) is 1.98. The largest absolute Gasteiger partial charge is 0.497 e. The van der Waals surface area contributed by atoms with E-state index in [9.17, 15) is 4.79 Å². The number of methoxy groups -OCH3 is 1. The molecule has 0 saturated carbocycles. The summed E-state index contributed by atoms with van der Waals surface area (Å²) in [6.45, 7) is 7.10. The van der Waals surface area contributed by atoms with E-state index in [0.717, 1.165) is 0 Å². The van der Waals surface area contributed by atoms with Gasteiger partial charge in [0.2, 0.25) is 5.91 Å². The van der Waals surface area contributed by atoms with E-state index in [0.29, 0.717) is 11.3 Å². The van der Waals surface area contributed by atoms with Crippen molar-refractivity contribution >= 4 is 5.91 Å². The van der Waals surface area contributed by atoms with Crippen molar-refractivity contribution in [1.82, 2.24) is 0 Å². The number of hydrogen-bond acceptors (Lipinski definition) is 2. The Balaban J connectivity index is 0. The maximum atomic E-state index is 10.2. The van der Waals surface area contributed by atoms with Crippen molar-refractivity contribution in [2.24, 2.45) is 5.73 Å². The van der Waals surface area contributed by atoms with Crippen LogP contribution >= 0.6 is 0 Å². The van der Waals surface area contributed by atoms with Crippen LogP contribution in [0.25, 0.3) is 0 Å². The van der Waals surface area contributed by atoms with Crippen molar-refractivity contribution < 1.29 is 11.0 Å². The predicted molar refractivity (Wildman–Crippen MR) is 45.7 cm³/mol. The van der Waals surface area contributed by atoms with Crippen LogP contribution < -0.4 is 5.73 Å². The number of carbonyl (C=O) groups is 1. The number of allylic oxidation sites excluding steroid dienone is 1. The Morgan fingerprint density at radius 2 is 2.09 bits per heavy atom. The number of rotatable bonds is 4. The molecule has 0 saturated heterocycles. The van der Waals surface area contributed by atoms with Crippen LogP contribution in [0.5, 0.6) is 0 Å². The molecule has 1 amide bonds. The fourth-order valence-corrected chi connectivity index (χ4v) is 0.407. The summed E-state index contributed by atoms with van der Waals surface area (Å²) in [4.78, 5) is 10.2. The minimum Gasteiger partial charge on any atom is -0.497 e. The van der Waals surface area contributed by atoms with E-state index >= 15 is 0 Å². The van der Waals surface area contributed by atoms with Crippen molar-refractivity contribution in [3.8, 4) is 0 Å². The van der Waals surface area contributed by atoms with Crippen molar-refractivity contribution in [3.05, 3.63) is 36.6 Å². The zero-order chi connectivity index (χ0) is 8.85. The molecule has 0 aromatic rings. The van der Waals surface area contributed by atoms with Crippen LogP contribution in [0.2, 0.25) is 0 Å². The molecule has 2 N–H and O–H groups in total. The molecule has 0 aliphatic carbocycles. The van der Waals surface area contributed by atoms with Crippen LogP contribution in [-0.2, 0) is 9.53 Å². The van der Waals surface area contributed by atoms with E-state index in [-0.39, 0.29) is 1.43 Å². The molecule has 0 aromatic carbocycles. The molecule has 0 aromatic heterocycles. The lowest BCUT2D eigenvalue weighted by molar-refractivity contribution is -0.113. The molecule has 3 nitrogen and oxygen atoms in total. The zero-order valence-corrected chi connectivity index (χ0v) is 6.46. The van der Waals surface area contributed by atoms with Gasteiger partial charge < -0.3 is 10.5 Å². The van der Waals surface area contributed by atoms with Crippen molar-refractivity contribution in [2.45, 2.75) is 0 Å². The SMILES string of the molecule is C=C(/C=C\C(N)=O)C(=C)OC.[HH]. The second-order valence-electron chi connectivity index (χ2n) is 1.89. The second kappa shape index (κ2) is 4.33. The van der Waals surface area contributed by atoms with Gasteiger partial charge in [0.15, 0.2) is 0 Å². The first kappa shape index (κ1) is 9.49. The molecule has 0 spiro atoms. The molecule has 62 valence electrons. The van der Waals surface area contributed by atoms with E-state index < -0.39 is 5.91 Å². The molecule has 0 bridgehead atoms. The highest BCUT2D eigenvalue weighted by molar-refractivity contribution is 5.86. The molecule has 3 heteroatoms. The predicted octanol–water partition coefficient (Wildman–Crippen LogP) is 0.990. The summed E-state index contributed by atoms with van der Waals surface area (Å²) in [5.41, 5.74) is 5.38. The number of amides is 1. The summed E-state index contributed by atoms with van der Waals surface area (Å²) in [5, 5.41) is 0. The van der Waals surface area contributed by atoms with Crippen LogP contribution in [0.1, 0.15) is 1.43 Å². The Kier molecular flexibility index (Phi) is 3.73. The van der Waals surface area contributed by atoms with Crippen LogP contribution in [0.4, 0.5) is 0 Å². The quantitative estimate of drug-likeness (QED) is 0.374. The normalized spacial score (nSPS) is 9.55. The maximum absolute atomic E-state index is 10.2. The first-order valence-electron chi connectivity index (χ1n) is 2.97. The van der Waals surface area contributed by atoms with Crippen LogP contribution in [0.15, 0.2) is 36.6 Å². The average molecular weight is 155 g/mol. The number of primary amides is 1. The Morgan fingerprint density at radius 3 is 2.45 bits per heavy atom. The van der Waals surface area contributed by atoms with E-state index in [1.807, 2.05) is 0 Å². The summed E-state index contributed by atoms with van der Waals surface area (Å²) in [6.07, 6.45) is 2.65. The molecule has 0 fully saturated rings. The van der Waals surface area contributed by atoms with Gasteiger partial charge in [0.05, 0.1) is 7.11 Å². The van der Waals surface area contributed by atoms with Gasteiger partial charge in [-0.05, 0) is 6.08 Å². The second-order valence-corrected chi connectivity index (χ2v) is 1.89. The summed E-state index contributed by atoms with van der Waals surface area (Å²) in [5.74, 6) is -0.0995. The van der Waals surface area contributed by atoms with Crippen LogP contribution in [0.3, 0.4) is 0 Å². The van der Waals surface area contributed by atoms with Crippen molar-refractivity contribution in [2.75, 3.05) is 7.11 Å². The third kappa shape index (κ3) is 3.97. The molecule has 0 aliphatic rings. The van der Waals surface area contributed by atoms with Crippen molar-refractivity contribution in [1.29, 1.82) is 0 Å². The topological polar surface area (TPSA) is 52.3 Å². The number of carbonyl (C=O) groups excluding carboxylic acids is 1. The van der Waals surface area contributed by atoms with Gasteiger partial charge in [-0.15, -0.1) is 0 Å². The number of hydrogen-bond donors (Lipinski definition) is 1. The minimum absolute atomic E-state index is 0. The molecule has 0 rings (SSSR count). The van der Waals surface area contributed by atoms with Gasteiger partial charge in [-0.2, -0.15) is 0 Å². The summed E-state index contributed by atoms with van der Waals surface area (Å²) >= 11 is 0. The van der Waals surface area contributed by atoms with Crippen molar-refractivity contribution in [3.63, 3.8) is 0 Å². The molecule has 0 aliphatic heterocycles. The van der Waals surface area contributed by atoms with Gasteiger partial charge >= 0.3 is 0 Å². The zero-order valence-electron chi connectivity index (χ0n) is 6.46. The summed E-state index contributed by atoms with van der Waals surface area (Å²) < 4.78 is 4.75. The number of ether oxygens (including phenoxy) is 1. The van der Waals surface area contributed by atoms with E-state index in [4.69, 9.17) is 10.5 Å². The molecule has 0 unspecified atom stereocenters. The van der Waals surface area contributed by atoms with E-state index in [1.54, 1.807) is 0 Å². The third-order valence-electron chi connectivity index (χ3n) is 1.05. The monoisotopic (exact) mass is 155 g/mol. The standard InChI is InChI=1S/C8H11NO2.H2/c1-6(7(2)11-3)4-5-8(9)10;/h4-5H,1-2H2,3H3,(H2,9,10);1H/b5-4-;. The molecular formula is C8H13NO2. The van der Waals surface area contributed by atoms with Gasteiger partial charge in [-0.25, -0.2) is 0 Å². The fraction of sp³-hybridized carbons (Fsp3) is 0.125. The van der Waals surface area contributed by atoms with E-state index in [1.165, 1.54) is 19.3 Å². The van der Waals surface area contributed by atoms with Gasteiger partial charge in [-0.1, -0.05) is 13.2 Å². The lowest BCUT2D eigenvalue weighted by Gasteiger charge is -2.01. The third-order valence-corrected chi connectivity index (χ3v) is 1.05. The molecule has 0 heterocycles. The first-order chi connectivity index (χ1) is 5.07. The molecule has 11 heavy (non-hydrogen) atoms. The van der Waals surface area contributed by atoms with Gasteiger partial charge in [0, 0.05) is 13.1 Å². The Morgan fingerprint density at radius 1 is 1.55 bits per heavy atom. The minimum atomic E-state index is -0.518. The van der Waals surface area contributed by atoms with E-state index in [2.05, 4.69) is 13.2 Å². The number of nitrogens with two attached hydrogens (primary N) is 1. The van der Waals surface area contributed by atoms with Gasteiger partial charge in [-0.3, -0.25) is 4.79 Å². The van der Waals surface area contributed by atoms with Gasteiger partial charge in [0.25, 0.3) is 0 Å². The Hall–Kier alpha value is -1.51. The summed E-state index contributed by atoms with van der Waals surface area (Å²) in [6, 6.07) is 0. The Bertz CT molecular complexity index is 221. The lowest BCUT2D eigenvalue weighted by atomic mass is 10.2. The highest BCUT2D eigenvalue weighted by atomic mass is 16.5. The highest BCUT2D eigenvalue weighted by Crippen LogP contribution is 2.05. The molecule has 0 radical (unpaired) electrons. The molecular weight excluding hydrogens is 142 g/mol. The molecule has 0 atom stereocenters. The Labute approximate surface area is 67.3 Å².